The molecule has 0 saturated carbocycles. The Hall–Kier alpha value is -2.67. The van der Waals surface area contributed by atoms with E-state index in [1.54, 1.807) is 17.0 Å². The molecule has 1 fully saturated rings. The molecule has 0 bridgehead atoms. The first-order valence-electron chi connectivity index (χ1n) is 8.22. The van der Waals surface area contributed by atoms with Crippen LogP contribution in [-0.2, 0) is 19.4 Å². The van der Waals surface area contributed by atoms with Crippen molar-refractivity contribution in [1.82, 2.24) is 0 Å². The van der Waals surface area contributed by atoms with Crippen molar-refractivity contribution in [2.24, 2.45) is 5.92 Å². The molecule has 2 aromatic carbocycles. The molecule has 2 aromatic rings. The number of nitrogens with zero attached hydrogens (tertiary/aromatic N) is 1. The van der Waals surface area contributed by atoms with Gasteiger partial charge in [-0.15, -0.1) is 0 Å². The SMILES string of the molecule is Cc1ccc(N2C[C@@H](C(=O)Nc3cccc(S(C)(=O)=O)c3)CC2=O)cc1. The predicted molar refractivity (Wildman–Crippen MR) is 99.8 cm³/mol. The zero-order valence-corrected chi connectivity index (χ0v) is 15.4. The number of benzene rings is 2. The first-order chi connectivity index (χ1) is 12.2. The highest BCUT2D eigenvalue weighted by molar-refractivity contribution is 7.90. The van der Waals surface area contributed by atoms with Crippen molar-refractivity contribution >= 4 is 33.0 Å². The topological polar surface area (TPSA) is 83.6 Å². The van der Waals surface area contributed by atoms with Crippen LogP contribution in [0, 0.1) is 12.8 Å². The molecule has 7 heteroatoms. The van der Waals surface area contributed by atoms with Gasteiger partial charge in [0.2, 0.25) is 11.8 Å². The van der Waals surface area contributed by atoms with Gasteiger partial charge in [-0.3, -0.25) is 9.59 Å². The van der Waals surface area contributed by atoms with Gasteiger partial charge in [0, 0.05) is 30.6 Å². The molecular formula is C19H20N2O4S. The van der Waals surface area contributed by atoms with Gasteiger partial charge in [-0.2, -0.15) is 0 Å². The van der Waals surface area contributed by atoms with E-state index in [0.29, 0.717) is 12.2 Å². The number of hydrogen-bond donors (Lipinski definition) is 1. The fraction of sp³-hybridized carbons (Fsp3) is 0.263. The second-order valence-corrected chi connectivity index (χ2v) is 8.55. The van der Waals surface area contributed by atoms with Crippen LogP contribution < -0.4 is 10.2 Å². The summed E-state index contributed by atoms with van der Waals surface area (Å²) in [6.45, 7) is 2.27. The summed E-state index contributed by atoms with van der Waals surface area (Å²) < 4.78 is 23.3. The number of sulfone groups is 1. The molecule has 0 unspecified atom stereocenters. The summed E-state index contributed by atoms with van der Waals surface area (Å²) in [4.78, 5) is 26.5. The van der Waals surface area contributed by atoms with E-state index >= 15 is 0 Å². The van der Waals surface area contributed by atoms with Crippen LogP contribution in [0.25, 0.3) is 0 Å². The molecule has 1 atom stereocenters. The number of amides is 2. The van der Waals surface area contributed by atoms with E-state index < -0.39 is 15.8 Å². The maximum atomic E-state index is 12.5. The van der Waals surface area contributed by atoms with Crippen molar-refractivity contribution in [2.45, 2.75) is 18.2 Å². The van der Waals surface area contributed by atoms with Crippen molar-refractivity contribution in [2.75, 3.05) is 23.0 Å². The van der Waals surface area contributed by atoms with Gasteiger partial charge in [0.1, 0.15) is 0 Å². The van der Waals surface area contributed by atoms with Gasteiger partial charge in [-0.05, 0) is 37.3 Å². The Balaban J connectivity index is 1.71. The van der Waals surface area contributed by atoms with Crippen LogP contribution in [0.2, 0.25) is 0 Å². The van der Waals surface area contributed by atoms with Crippen LogP contribution in [0.5, 0.6) is 0 Å². The lowest BCUT2D eigenvalue weighted by molar-refractivity contribution is -0.122. The lowest BCUT2D eigenvalue weighted by Gasteiger charge is -2.17. The Morgan fingerprint density at radius 1 is 1.15 bits per heavy atom. The maximum absolute atomic E-state index is 12.5. The molecule has 2 amide bonds. The highest BCUT2D eigenvalue weighted by Gasteiger charge is 2.35. The van der Waals surface area contributed by atoms with Crippen LogP contribution in [-0.4, -0.2) is 33.0 Å². The van der Waals surface area contributed by atoms with Gasteiger partial charge in [0.25, 0.3) is 0 Å². The molecule has 1 N–H and O–H groups in total. The third-order valence-corrected chi connectivity index (χ3v) is 5.48. The maximum Gasteiger partial charge on any atom is 0.229 e. The molecule has 0 spiro atoms. The second kappa shape index (κ2) is 6.92. The Labute approximate surface area is 152 Å². The molecule has 6 nitrogen and oxygen atoms in total. The lowest BCUT2D eigenvalue weighted by Crippen LogP contribution is -2.28. The van der Waals surface area contributed by atoms with Gasteiger partial charge in [-0.25, -0.2) is 8.42 Å². The number of carbonyl (C=O) groups excluding carboxylic acids is 2. The largest absolute Gasteiger partial charge is 0.326 e. The summed E-state index contributed by atoms with van der Waals surface area (Å²) in [5.41, 5.74) is 2.27. The van der Waals surface area contributed by atoms with Crippen molar-refractivity contribution in [3.63, 3.8) is 0 Å². The standard InChI is InChI=1S/C19H20N2O4S/c1-13-6-8-16(9-7-13)21-12-14(10-18(21)22)19(23)20-15-4-3-5-17(11-15)26(2,24)25/h3-9,11,14H,10,12H2,1-2H3,(H,20,23)/t14-/m0/s1. The Bertz CT molecular complexity index is 952. The number of hydrogen-bond acceptors (Lipinski definition) is 4. The summed E-state index contributed by atoms with van der Waals surface area (Å²) in [6, 6.07) is 13.7. The molecule has 0 radical (unpaired) electrons. The Morgan fingerprint density at radius 3 is 2.50 bits per heavy atom. The molecule has 1 heterocycles. The van der Waals surface area contributed by atoms with E-state index in [4.69, 9.17) is 0 Å². The van der Waals surface area contributed by atoms with Crippen molar-refractivity contribution in [3.8, 4) is 0 Å². The minimum Gasteiger partial charge on any atom is -0.326 e. The Morgan fingerprint density at radius 2 is 1.85 bits per heavy atom. The van der Waals surface area contributed by atoms with Gasteiger partial charge >= 0.3 is 0 Å². The third-order valence-electron chi connectivity index (χ3n) is 4.37. The number of nitrogens with one attached hydrogen (secondary N) is 1. The van der Waals surface area contributed by atoms with Crippen LogP contribution in [0.3, 0.4) is 0 Å². The zero-order chi connectivity index (χ0) is 18.9. The summed E-state index contributed by atoms with van der Waals surface area (Å²) in [7, 11) is -3.35. The predicted octanol–water partition coefficient (Wildman–Crippen LogP) is 2.39. The molecule has 136 valence electrons. The van der Waals surface area contributed by atoms with Crippen LogP contribution in [0.1, 0.15) is 12.0 Å². The molecular weight excluding hydrogens is 352 g/mol. The molecule has 1 aliphatic heterocycles. The summed E-state index contributed by atoms with van der Waals surface area (Å²) >= 11 is 0. The van der Waals surface area contributed by atoms with Gasteiger partial charge < -0.3 is 10.2 Å². The van der Waals surface area contributed by atoms with E-state index in [-0.39, 0.29) is 23.1 Å². The third kappa shape index (κ3) is 3.94. The molecule has 26 heavy (non-hydrogen) atoms. The smallest absolute Gasteiger partial charge is 0.229 e. The van der Waals surface area contributed by atoms with Crippen molar-refractivity contribution < 1.29 is 18.0 Å². The van der Waals surface area contributed by atoms with Crippen LogP contribution in [0.15, 0.2) is 53.4 Å². The average molecular weight is 372 g/mol. The zero-order valence-electron chi connectivity index (χ0n) is 14.6. The molecule has 3 rings (SSSR count). The quantitative estimate of drug-likeness (QED) is 0.893. The first-order valence-corrected chi connectivity index (χ1v) is 10.1. The summed E-state index contributed by atoms with van der Waals surface area (Å²) in [6.07, 6.45) is 1.24. The number of aryl methyl sites for hydroxylation is 1. The first kappa shape index (κ1) is 18.1. The monoisotopic (exact) mass is 372 g/mol. The molecule has 0 aliphatic carbocycles. The number of rotatable bonds is 4. The van der Waals surface area contributed by atoms with Gasteiger partial charge in [-0.1, -0.05) is 23.8 Å². The van der Waals surface area contributed by atoms with Crippen LogP contribution in [0.4, 0.5) is 11.4 Å². The van der Waals surface area contributed by atoms with E-state index in [0.717, 1.165) is 17.5 Å². The minimum atomic E-state index is -3.35. The summed E-state index contributed by atoms with van der Waals surface area (Å²) in [5.74, 6) is -0.872. The highest BCUT2D eigenvalue weighted by atomic mass is 32.2. The average Bonchev–Trinajstić information content (AvgIpc) is 2.97. The van der Waals surface area contributed by atoms with Gasteiger partial charge in [0.05, 0.1) is 10.8 Å². The van der Waals surface area contributed by atoms with Crippen molar-refractivity contribution in [1.29, 1.82) is 0 Å². The fourth-order valence-corrected chi connectivity index (χ4v) is 3.57. The second-order valence-electron chi connectivity index (χ2n) is 6.53. The Kier molecular flexibility index (Phi) is 4.82. The minimum absolute atomic E-state index is 0.0983. The van der Waals surface area contributed by atoms with E-state index in [1.807, 2.05) is 31.2 Å². The highest BCUT2D eigenvalue weighted by Crippen LogP contribution is 2.26. The van der Waals surface area contributed by atoms with Crippen molar-refractivity contribution in [3.05, 3.63) is 54.1 Å². The molecule has 1 saturated heterocycles. The van der Waals surface area contributed by atoms with E-state index in [1.165, 1.54) is 12.1 Å². The molecule has 1 aliphatic rings. The van der Waals surface area contributed by atoms with Gasteiger partial charge in [0.15, 0.2) is 9.84 Å². The van der Waals surface area contributed by atoms with E-state index in [2.05, 4.69) is 5.32 Å². The number of anilines is 2. The van der Waals surface area contributed by atoms with Crippen LogP contribution >= 0.6 is 0 Å². The summed E-state index contributed by atoms with van der Waals surface area (Å²) in [5, 5.41) is 2.72. The molecule has 0 aromatic heterocycles. The number of carbonyl (C=O) groups is 2. The normalized spacial score (nSPS) is 17.4. The van der Waals surface area contributed by atoms with E-state index in [9.17, 15) is 18.0 Å². The fourth-order valence-electron chi connectivity index (χ4n) is 2.91. The lowest BCUT2D eigenvalue weighted by atomic mass is 10.1.